The van der Waals surface area contributed by atoms with Gasteiger partial charge in [-0.2, -0.15) is 0 Å². The van der Waals surface area contributed by atoms with Gasteiger partial charge < -0.3 is 4.74 Å². The molecular weight excluding hydrogens is 309 g/mol. The third-order valence-corrected chi connectivity index (χ3v) is 3.72. The normalized spacial score (nSPS) is 10.3. The van der Waals surface area contributed by atoms with Crippen molar-refractivity contribution in [1.29, 1.82) is 0 Å². The molecule has 0 bridgehead atoms. The van der Waals surface area contributed by atoms with E-state index < -0.39 is 16.7 Å². The molecule has 0 fully saturated rings. The van der Waals surface area contributed by atoms with Gasteiger partial charge in [0.2, 0.25) is 0 Å². The molecule has 0 saturated carbocycles. The van der Waals surface area contributed by atoms with Crippen molar-refractivity contribution >= 4 is 23.4 Å². The molecule has 0 saturated heterocycles. The predicted octanol–water partition coefficient (Wildman–Crippen LogP) is 4.06. The fourth-order valence-corrected chi connectivity index (χ4v) is 2.55. The number of esters is 1. The average Bonchev–Trinajstić information content (AvgIpc) is 2.48. The first kappa shape index (κ1) is 16.0. The van der Waals surface area contributed by atoms with E-state index in [-0.39, 0.29) is 17.9 Å². The standard InChI is InChI=1S/C15H12FNO4S/c1-2-21-15(18)13-8-7-12(9-14(13)16)22-11-5-3-10(4-6-11)17(19)20/h3-9H,2H2,1H3. The SMILES string of the molecule is CCOC(=O)c1ccc(Sc2ccc([N+](=O)[O-])cc2)cc1F. The first-order chi connectivity index (χ1) is 10.5. The first-order valence-electron chi connectivity index (χ1n) is 6.40. The molecule has 0 atom stereocenters. The quantitative estimate of drug-likeness (QED) is 0.472. The van der Waals surface area contributed by atoms with E-state index in [2.05, 4.69) is 0 Å². The summed E-state index contributed by atoms with van der Waals surface area (Å²) in [4.78, 5) is 22.9. The van der Waals surface area contributed by atoms with Gasteiger partial charge in [-0.3, -0.25) is 10.1 Å². The van der Waals surface area contributed by atoms with Crippen molar-refractivity contribution in [3.8, 4) is 0 Å². The van der Waals surface area contributed by atoms with Crippen LogP contribution in [0.3, 0.4) is 0 Å². The van der Waals surface area contributed by atoms with Gasteiger partial charge in [0.1, 0.15) is 5.82 Å². The number of rotatable bonds is 5. The number of nitro benzene ring substituents is 1. The highest BCUT2D eigenvalue weighted by molar-refractivity contribution is 7.99. The maximum absolute atomic E-state index is 13.9. The molecule has 0 aliphatic carbocycles. The van der Waals surface area contributed by atoms with Crippen molar-refractivity contribution in [2.45, 2.75) is 16.7 Å². The lowest BCUT2D eigenvalue weighted by atomic mass is 10.2. The Labute approximate surface area is 130 Å². The van der Waals surface area contributed by atoms with Crippen LogP contribution in [0, 0.1) is 15.9 Å². The molecule has 0 radical (unpaired) electrons. The summed E-state index contributed by atoms with van der Waals surface area (Å²) in [5.41, 5.74) is -0.122. The molecule has 114 valence electrons. The number of carbonyl (C=O) groups is 1. The van der Waals surface area contributed by atoms with Crippen LogP contribution in [0.1, 0.15) is 17.3 Å². The highest BCUT2D eigenvalue weighted by atomic mass is 32.2. The number of nitro groups is 1. The Morgan fingerprint density at radius 3 is 2.41 bits per heavy atom. The molecule has 7 heteroatoms. The molecule has 0 spiro atoms. The van der Waals surface area contributed by atoms with E-state index in [9.17, 15) is 19.3 Å². The van der Waals surface area contributed by atoms with Gasteiger partial charge in [-0.1, -0.05) is 11.8 Å². The number of non-ortho nitro benzene ring substituents is 1. The van der Waals surface area contributed by atoms with Gasteiger partial charge >= 0.3 is 5.97 Å². The Morgan fingerprint density at radius 2 is 1.86 bits per heavy atom. The van der Waals surface area contributed by atoms with Crippen LogP contribution in [0.2, 0.25) is 0 Å². The molecule has 22 heavy (non-hydrogen) atoms. The second kappa shape index (κ2) is 7.04. The van der Waals surface area contributed by atoms with Crippen LogP contribution in [-0.4, -0.2) is 17.5 Å². The third kappa shape index (κ3) is 3.82. The van der Waals surface area contributed by atoms with E-state index in [1.165, 1.54) is 36.0 Å². The lowest BCUT2D eigenvalue weighted by molar-refractivity contribution is -0.384. The number of hydrogen-bond acceptors (Lipinski definition) is 5. The molecule has 2 aromatic carbocycles. The summed E-state index contributed by atoms with van der Waals surface area (Å²) in [6, 6.07) is 10.1. The van der Waals surface area contributed by atoms with Crippen molar-refractivity contribution < 1.29 is 18.8 Å². The first-order valence-corrected chi connectivity index (χ1v) is 7.22. The van der Waals surface area contributed by atoms with Gasteiger partial charge in [0.15, 0.2) is 0 Å². The fourth-order valence-electron chi connectivity index (χ4n) is 1.71. The summed E-state index contributed by atoms with van der Waals surface area (Å²) >= 11 is 1.24. The van der Waals surface area contributed by atoms with Crippen LogP contribution < -0.4 is 0 Å². The van der Waals surface area contributed by atoms with Crippen LogP contribution in [0.15, 0.2) is 52.3 Å². The van der Waals surface area contributed by atoms with Crippen molar-refractivity contribution in [2.24, 2.45) is 0 Å². The van der Waals surface area contributed by atoms with Crippen molar-refractivity contribution in [2.75, 3.05) is 6.61 Å². The molecule has 0 N–H and O–H groups in total. The highest BCUT2D eigenvalue weighted by Crippen LogP contribution is 2.30. The summed E-state index contributed by atoms with van der Waals surface area (Å²) < 4.78 is 18.6. The summed E-state index contributed by atoms with van der Waals surface area (Å²) in [6.07, 6.45) is 0. The molecule has 0 aliphatic rings. The monoisotopic (exact) mass is 321 g/mol. The fraction of sp³-hybridized carbons (Fsp3) is 0.133. The number of hydrogen-bond donors (Lipinski definition) is 0. The van der Waals surface area contributed by atoms with Crippen molar-refractivity contribution in [3.05, 3.63) is 64.0 Å². The number of carbonyl (C=O) groups excluding carboxylic acids is 1. The van der Waals surface area contributed by atoms with Crippen LogP contribution in [0.25, 0.3) is 0 Å². The minimum absolute atomic E-state index is 0.00631. The van der Waals surface area contributed by atoms with Crippen molar-refractivity contribution in [3.63, 3.8) is 0 Å². The maximum Gasteiger partial charge on any atom is 0.341 e. The Bertz CT molecular complexity index is 703. The van der Waals surface area contributed by atoms with E-state index in [1.54, 1.807) is 25.1 Å². The zero-order valence-electron chi connectivity index (χ0n) is 11.6. The largest absolute Gasteiger partial charge is 0.462 e. The highest BCUT2D eigenvalue weighted by Gasteiger charge is 2.13. The molecular formula is C15H12FNO4S. The summed E-state index contributed by atoms with van der Waals surface area (Å²) in [7, 11) is 0. The van der Waals surface area contributed by atoms with Gasteiger partial charge in [0.25, 0.3) is 5.69 Å². The second-order valence-corrected chi connectivity index (χ2v) is 5.36. The van der Waals surface area contributed by atoms with Crippen LogP contribution >= 0.6 is 11.8 Å². The molecule has 0 heterocycles. The zero-order valence-corrected chi connectivity index (χ0v) is 12.4. The van der Waals surface area contributed by atoms with Crippen LogP contribution in [-0.2, 0) is 4.74 Å². The van der Waals surface area contributed by atoms with Gasteiger partial charge in [0.05, 0.1) is 17.1 Å². The smallest absolute Gasteiger partial charge is 0.341 e. The van der Waals surface area contributed by atoms with E-state index in [0.717, 1.165) is 4.90 Å². The number of nitrogens with zero attached hydrogens (tertiary/aromatic N) is 1. The van der Waals surface area contributed by atoms with Gasteiger partial charge in [-0.15, -0.1) is 0 Å². The van der Waals surface area contributed by atoms with Gasteiger partial charge in [-0.05, 0) is 37.3 Å². The minimum Gasteiger partial charge on any atom is -0.462 e. The molecule has 2 rings (SSSR count). The Morgan fingerprint density at radius 1 is 1.23 bits per heavy atom. The third-order valence-electron chi connectivity index (χ3n) is 2.72. The lowest BCUT2D eigenvalue weighted by Gasteiger charge is -2.06. The molecule has 0 amide bonds. The lowest BCUT2D eigenvalue weighted by Crippen LogP contribution is -2.07. The summed E-state index contributed by atoms with van der Waals surface area (Å²) in [5, 5.41) is 10.6. The minimum atomic E-state index is -0.702. The molecule has 0 aromatic heterocycles. The van der Waals surface area contributed by atoms with Crippen LogP contribution in [0.4, 0.5) is 10.1 Å². The number of ether oxygens (including phenoxy) is 1. The molecule has 5 nitrogen and oxygen atoms in total. The maximum atomic E-state index is 13.9. The number of halogens is 1. The Balaban J connectivity index is 2.15. The average molecular weight is 321 g/mol. The Hall–Kier alpha value is -2.41. The summed E-state index contributed by atoms with van der Waals surface area (Å²) in [5.74, 6) is -1.36. The van der Waals surface area contributed by atoms with Crippen molar-refractivity contribution in [1.82, 2.24) is 0 Å². The molecule has 0 aliphatic heterocycles. The predicted molar refractivity (Wildman–Crippen MR) is 79.6 cm³/mol. The topological polar surface area (TPSA) is 69.4 Å². The zero-order chi connectivity index (χ0) is 16.1. The van der Waals surface area contributed by atoms with Gasteiger partial charge in [-0.25, -0.2) is 9.18 Å². The van der Waals surface area contributed by atoms with E-state index in [0.29, 0.717) is 4.90 Å². The number of benzene rings is 2. The van der Waals surface area contributed by atoms with Gasteiger partial charge in [0, 0.05) is 21.9 Å². The molecule has 2 aromatic rings. The second-order valence-electron chi connectivity index (χ2n) is 4.22. The van der Waals surface area contributed by atoms with Crippen LogP contribution in [0.5, 0.6) is 0 Å². The van der Waals surface area contributed by atoms with E-state index >= 15 is 0 Å². The van der Waals surface area contributed by atoms with E-state index in [4.69, 9.17) is 4.74 Å². The summed E-state index contributed by atoms with van der Waals surface area (Å²) in [6.45, 7) is 1.83. The Kier molecular flexibility index (Phi) is 5.11. The van der Waals surface area contributed by atoms with E-state index in [1.807, 2.05) is 0 Å². The molecule has 0 unspecified atom stereocenters.